The van der Waals surface area contributed by atoms with Gasteiger partial charge >= 0.3 is 12.0 Å². The molecule has 1 aliphatic rings. The molecule has 0 radical (unpaired) electrons. The second kappa shape index (κ2) is 7.55. The molecule has 2 atom stereocenters. The SMILES string of the molecule is COc1ccc(Cl)cc1CNC(=O)N1CC(C)CC(C(=O)O)C1. The number of halogens is 1. The molecule has 6 nitrogen and oxygen atoms in total. The number of rotatable bonds is 4. The Morgan fingerprint density at radius 3 is 2.83 bits per heavy atom. The molecule has 7 heteroatoms. The van der Waals surface area contributed by atoms with Gasteiger partial charge in [0.15, 0.2) is 0 Å². The number of carbonyl (C=O) groups excluding carboxylic acids is 1. The molecule has 23 heavy (non-hydrogen) atoms. The molecule has 0 bridgehead atoms. The molecule has 2 N–H and O–H groups in total. The van der Waals surface area contributed by atoms with Crippen LogP contribution in [0, 0.1) is 11.8 Å². The molecular weight excluding hydrogens is 320 g/mol. The zero-order valence-corrected chi connectivity index (χ0v) is 14.0. The minimum Gasteiger partial charge on any atom is -0.496 e. The molecule has 1 heterocycles. The van der Waals surface area contributed by atoms with E-state index in [4.69, 9.17) is 16.3 Å². The van der Waals surface area contributed by atoms with Gasteiger partial charge in [0.2, 0.25) is 0 Å². The van der Waals surface area contributed by atoms with E-state index < -0.39 is 11.9 Å². The molecule has 0 aromatic heterocycles. The molecule has 2 unspecified atom stereocenters. The predicted molar refractivity (Wildman–Crippen MR) is 86.7 cm³/mol. The second-order valence-corrected chi connectivity index (χ2v) is 6.33. The van der Waals surface area contributed by atoms with E-state index in [0.717, 1.165) is 5.56 Å². The van der Waals surface area contributed by atoms with Crippen molar-refractivity contribution in [2.45, 2.75) is 19.9 Å². The van der Waals surface area contributed by atoms with Gasteiger partial charge < -0.3 is 20.1 Å². The number of nitrogens with one attached hydrogen (secondary N) is 1. The number of benzene rings is 1. The van der Waals surface area contributed by atoms with Gasteiger partial charge in [0.25, 0.3) is 0 Å². The number of nitrogens with zero attached hydrogens (tertiary/aromatic N) is 1. The Labute approximate surface area is 140 Å². The Kier molecular flexibility index (Phi) is 5.71. The number of aliphatic carboxylic acids is 1. The highest BCUT2D eigenvalue weighted by Gasteiger charge is 2.31. The van der Waals surface area contributed by atoms with Crippen molar-refractivity contribution in [3.8, 4) is 5.75 Å². The first kappa shape index (κ1) is 17.4. The summed E-state index contributed by atoms with van der Waals surface area (Å²) >= 11 is 5.97. The van der Waals surface area contributed by atoms with E-state index in [1.54, 1.807) is 30.2 Å². The first-order valence-electron chi connectivity index (χ1n) is 7.48. The van der Waals surface area contributed by atoms with Gasteiger partial charge in [0.05, 0.1) is 13.0 Å². The van der Waals surface area contributed by atoms with Crippen LogP contribution in [0.5, 0.6) is 5.75 Å². The van der Waals surface area contributed by atoms with Crippen molar-refractivity contribution < 1.29 is 19.4 Å². The lowest BCUT2D eigenvalue weighted by molar-refractivity contribution is -0.143. The summed E-state index contributed by atoms with van der Waals surface area (Å²) in [7, 11) is 1.55. The van der Waals surface area contributed by atoms with Crippen LogP contribution in [0.2, 0.25) is 5.02 Å². The number of amides is 2. The number of hydrogen-bond acceptors (Lipinski definition) is 3. The average Bonchev–Trinajstić information content (AvgIpc) is 2.52. The minimum atomic E-state index is -0.856. The van der Waals surface area contributed by atoms with Gasteiger partial charge in [0, 0.05) is 30.2 Å². The Morgan fingerprint density at radius 1 is 1.43 bits per heavy atom. The van der Waals surface area contributed by atoms with E-state index in [1.165, 1.54) is 0 Å². The smallest absolute Gasteiger partial charge is 0.317 e. The molecule has 1 aromatic carbocycles. The normalized spacial score (nSPS) is 20.9. The molecular formula is C16H21ClN2O4. The van der Waals surface area contributed by atoms with Crippen LogP contribution in [0.4, 0.5) is 4.79 Å². The van der Waals surface area contributed by atoms with E-state index in [2.05, 4.69) is 5.32 Å². The fraction of sp³-hybridized carbons (Fsp3) is 0.500. The Bertz CT molecular complexity index is 593. The second-order valence-electron chi connectivity index (χ2n) is 5.90. The van der Waals surface area contributed by atoms with Crippen LogP contribution in [-0.2, 0) is 11.3 Å². The van der Waals surface area contributed by atoms with Crippen molar-refractivity contribution >= 4 is 23.6 Å². The van der Waals surface area contributed by atoms with Crippen LogP contribution in [-0.4, -0.2) is 42.2 Å². The van der Waals surface area contributed by atoms with Gasteiger partial charge in [0.1, 0.15) is 5.75 Å². The summed E-state index contributed by atoms with van der Waals surface area (Å²) in [6, 6.07) is 4.92. The van der Waals surface area contributed by atoms with Crippen molar-refractivity contribution in [1.29, 1.82) is 0 Å². The van der Waals surface area contributed by atoms with Gasteiger partial charge in [-0.2, -0.15) is 0 Å². The fourth-order valence-electron chi connectivity index (χ4n) is 2.86. The van der Waals surface area contributed by atoms with Crippen LogP contribution in [0.25, 0.3) is 0 Å². The lowest BCUT2D eigenvalue weighted by Crippen LogP contribution is -2.49. The largest absolute Gasteiger partial charge is 0.496 e. The first-order chi connectivity index (χ1) is 10.9. The molecule has 1 aliphatic heterocycles. The summed E-state index contributed by atoms with van der Waals surface area (Å²) in [6.07, 6.45) is 0.598. The Balaban J connectivity index is 1.99. The van der Waals surface area contributed by atoms with E-state index in [-0.39, 0.29) is 25.0 Å². The lowest BCUT2D eigenvalue weighted by atomic mass is 9.91. The van der Waals surface area contributed by atoms with Crippen LogP contribution in [0.3, 0.4) is 0 Å². The van der Waals surface area contributed by atoms with Crippen molar-refractivity contribution in [3.63, 3.8) is 0 Å². The number of carboxylic acid groups (broad SMARTS) is 1. The van der Waals surface area contributed by atoms with Crippen LogP contribution < -0.4 is 10.1 Å². The standard InChI is InChI=1S/C16H21ClN2O4/c1-10-5-12(15(20)21)9-19(8-10)16(22)18-7-11-6-13(17)3-4-14(11)23-2/h3-4,6,10,12H,5,7-9H2,1-2H3,(H,18,22)(H,20,21). The number of carbonyl (C=O) groups is 2. The summed E-state index contributed by atoms with van der Waals surface area (Å²) in [5.74, 6) is -0.558. The number of urea groups is 1. The van der Waals surface area contributed by atoms with Crippen LogP contribution in [0.15, 0.2) is 18.2 Å². The van der Waals surface area contributed by atoms with Crippen LogP contribution >= 0.6 is 11.6 Å². The molecule has 2 rings (SSSR count). The maximum Gasteiger partial charge on any atom is 0.317 e. The summed E-state index contributed by atoms with van der Waals surface area (Å²) < 4.78 is 5.24. The highest BCUT2D eigenvalue weighted by Crippen LogP contribution is 2.24. The average molecular weight is 341 g/mol. The van der Waals surface area contributed by atoms with Crippen LogP contribution in [0.1, 0.15) is 18.9 Å². The minimum absolute atomic E-state index is 0.163. The van der Waals surface area contributed by atoms with Gasteiger partial charge in [-0.3, -0.25) is 4.79 Å². The molecule has 1 aromatic rings. The highest BCUT2D eigenvalue weighted by molar-refractivity contribution is 6.30. The van der Waals surface area contributed by atoms with Crippen molar-refractivity contribution in [1.82, 2.24) is 10.2 Å². The zero-order valence-electron chi connectivity index (χ0n) is 13.2. The fourth-order valence-corrected chi connectivity index (χ4v) is 3.06. The quantitative estimate of drug-likeness (QED) is 0.883. The third-order valence-electron chi connectivity index (χ3n) is 3.97. The number of piperidine rings is 1. The summed E-state index contributed by atoms with van der Waals surface area (Å²) in [6.45, 7) is 3.01. The molecule has 1 saturated heterocycles. The topological polar surface area (TPSA) is 78.9 Å². The maximum atomic E-state index is 12.3. The maximum absolute atomic E-state index is 12.3. The number of methoxy groups -OCH3 is 1. The van der Waals surface area contributed by atoms with Gasteiger partial charge in [-0.1, -0.05) is 18.5 Å². The van der Waals surface area contributed by atoms with E-state index in [0.29, 0.717) is 23.7 Å². The van der Waals surface area contributed by atoms with E-state index in [1.807, 2.05) is 6.92 Å². The first-order valence-corrected chi connectivity index (χ1v) is 7.86. The monoisotopic (exact) mass is 340 g/mol. The van der Waals surface area contributed by atoms with E-state index in [9.17, 15) is 14.7 Å². The molecule has 0 aliphatic carbocycles. The number of ether oxygens (including phenoxy) is 1. The predicted octanol–water partition coefficient (Wildman–Crippen LogP) is 2.60. The summed E-state index contributed by atoms with van der Waals surface area (Å²) in [4.78, 5) is 25.1. The number of hydrogen-bond donors (Lipinski definition) is 2. The molecule has 2 amide bonds. The van der Waals surface area contributed by atoms with Gasteiger partial charge in [-0.05, 0) is 30.5 Å². The molecule has 1 fully saturated rings. The molecule has 0 spiro atoms. The summed E-state index contributed by atoms with van der Waals surface area (Å²) in [5, 5.41) is 12.5. The van der Waals surface area contributed by atoms with Gasteiger partial charge in [-0.15, -0.1) is 0 Å². The third-order valence-corrected chi connectivity index (χ3v) is 4.20. The molecule has 126 valence electrons. The highest BCUT2D eigenvalue weighted by atomic mass is 35.5. The summed E-state index contributed by atoms with van der Waals surface area (Å²) in [5.41, 5.74) is 0.771. The Hall–Kier alpha value is -1.95. The lowest BCUT2D eigenvalue weighted by Gasteiger charge is -2.34. The zero-order chi connectivity index (χ0) is 17.0. The van der Waals surface area contributed by atoms with Crippen molar-refractivity contribution in [3.05, 3.63) is 28.8 Å². The number of likely N-dealkylation sites (tertiary alicyclic amines) is 1. The molecule has 0 saturated carbocycles. The Morgan fingerprint density at radius 2 is 2.17 bits per heavy atom. The van der Waals surface area contributed by atoms with Crippen molar-refractivity contribution in [2.75, 3.05) is 20.2 Å². The van der Waals surface area contributed by atoms with E-state index >= 15 is 0 Å². The third kappa shape index (κ3) is 4.51. The van der Waals surface area contributed by atoms with Gasteiger partial charge in [-0.25, -0.2) is 4.79 Å². The number of carboxylic acids is 1. The van der Waals surface area contributed by atoms with Crippen molar-refractivity contribution in [2.24, 2.45) is 11.8 Å².